The van der Waals surface area contributed by atoms with Crippen molar-refractivity contribution < 1.29 is 4.79 Å². The molecule has 78 valence electrons. The Morgan fingerprint density at radius 3 is 3.20 bits per heavy atom. The van der Waals surface area contributed by atoms with E-state index in [1.807, 2.05) is 23.7 Å². The molecule has 0 fully saturated rings. The number of carbonyl (C=O) groups is 1. The fourth-order valence-corrected chi connectivity index (χ4v) is 1.78. The van der Waals surface area contributed by atoms with Crippen LogP contribution in [-0.2, 0) is 17.8 Å². The van der Waals surface area contributed by atoms with E-state index in [1.165, 1.54) is 11.3 Å². The number of nitrogens with one attached hydrogen (secondary N) is 2. The Labute approximate surface area is 91.4 Å². The molecule has 0 aliphatic rings. The maximum Gasteiger partial charge on any atom is 0.226 e. The van der Waals surface area contributed by atoms with E-state index in [0.717, 1.165) is 11.4 Å². The minimum atomic E-state index is -0.00417. The van der Waals surface area contributed by atoms with Gasteiger partial charge < -0.3 is 10.3 Å². The Hall–Kier alpha value is -1.62. The van der Waals surface area contributed by atoms with Crippen LogP contribution in [0.25, 0.3) is 0 Å². The fraction of sp³-hybridized carbons (Fsp3) is 0.200. The lowest BCUT2D eigenvalue weighted by atomic mass is 10.3. The van der Waals surface area contributed by atoms with Gasteiger partial charge in [-0.05, 0) is 12.1 Å². The van der Waals surface area contributed by atoms with Crippen molar-refractivity contribution in [2.45, 2.75) is 13.0 Å². The van der Waals surface area contributed by atoms with Crippen molar-refractivity contribution in [1.82, 2.24) is 15.3 Å². The minimum absolute atomic E-state index is 0.00417. The summed E-state index contributed by atoms with van der Waals surface area (Å²) in [6, 6.07) is 3.84. The summed E-state index contributed by atoms with van der Waals surface area (Å²) in [6.07, 6.45) is 2.19. The molecule has 4 nitrogen and oxygen atoms in total. The Kier molecular flexibility index (Phi) is 3.14. The van der Waals surface area contributed by atoms with Gasteiger partial charge in [0.25, 0.3) is 0 Å². The van der Waals surface area contributed by atoms with E-state index in [9.17, 15) is 4.79 Å². The molecule has 0 atom stereocenters. The van der Waals surface area contributed by atoms with Crippen molar-refractivity contribution in [1.29, 1.82) is 0 Å². The summed E-state index contributed by atoms with van der Waals surface area (Å²) in [7, 11) is 0. The second-order valence-corrected chi connectivity index (χ2v) is 3.85. The number of hydrogen-bond donors (Lipinski definition) is 2. The smallest absolute Gasteiger partial charge is 0.226 e. The molecule has 0 aliphatic carbocycles. The van der Waals surface area contributed by atoms with Crippen molar-refractivity contribution in [3.63, 3.8) is 0 Å². The van der Waals surface area contributed by atoms with Crippen LogP contribution in [0.5, 0.6) is 0 Å². The zero-order chi connectivity index (χ0) is 10.5. The van der Waals surface area contributed by atoms with Crippen LogP contribution in [0.4, 0.5) is 0 Å². The summed E-state index contributed by atoms with van der Waals surface area (Å²) in [5.74, 6) is -0.00417. The monoisotopic (exact) mass is 221 g/mol. The maximum absolute atomic E-state index is 11.4. The van der Waals surface area contributed by atoms with Gasteiger partial charge in [0.15, 0.2) is 0 Å². The summed E-state index contributed by atoms with van der Waals surface area (Å²) in [5.41, 5.74) is 3.55. The van der Waals surface area contributed by atoms with E-state index in [4.69, 9.17) is 0 Å². The van der Waals surface area contributed by atoms with Crippen LogP contribution in [0.3, 0.4) is 0 Å². The highest BCUT2D eigenvalue weighted by Crippen LogP contribution is 2.01. The zero-order valence-electron chi connectivity index (χ0n) is 8.06. The number of hydrogen-bond acceptors (Lipinski definition) is 3. The van der Waals surface area contributed by atoms with E-state index < -0.39 is 0 Å². The van der Waals surface area contributed by atoms with Crippen LogP contribution >= 0.6 is 11.3 Å². The van der Waals surface area contributed by atoms with Gasteiger partial charge in [-0.1, -0.05) is 0 Å². The molecule has 0 spiro atoms. The molecule has 0 bridgehead atoms. The first-order valence-electron chi connectivity index (χ1n) is 4.60. The third-order valence-electron chi connectivity index (χ3n) is 1.96. The van der Waals surface area contributed by atoms with Crippen molar-refractivity contribution >= 4 is 17.2 Å². The molecule has 15 heavy (non-hydrogen) atoms. The highest BCUT2D eigenvalue weighted by atomic mass is 32.1. The van der Waals surface area contributed by atoms with Gasteiger partial charge in [0.1, 0.15) is 0 Å². The SMILES string of the molecule is O=C(Cc1cscn1)NCc1ccc[nH]1. The van der Waals surface area contributed by atoms with Crippen LogP contribution in [-0.4, -0.2) is 15.9 Å². The molecular formula is C10H11N3OS. The van der Waals surface area contributed by atoms with Crippen LogP contribution < -0.4 is 5.32 Å². The molecule has 0 unspecified atom stereocenters. The molecule has 0 radical (unpaired) electrons. The second-order valence-electron chi connectivity index (χ2n) is 3.13. The average molecular weight is 221 g/mol. The van der Waals surface area contributed by atoms with E-state index >= 15 is 0 Å². The molecule has 0 aromatic carbocycles. The molecule has 1 amide bonds. The Morgan fingerprint density at radius 1 is 1.60 bits per heavy atom. The third kappa shape index (κ3) is 2.92. The second kappa shape index (κ2) is 4.75. The normalized spacial score (nSPS) is 10.1. The Bertz CT molecular complexity index is 408. The molecule has 0 saturated heterocycles. The average Bonchev–Trinajstić information content (AvgIpc) is 2.86. The number of carbonyl (C=O) groups excluding carboxylic acids is 1. The first-order valence-corrected chi connectivity index (χ1v) is 5.55. The maximum atomic E-state index is 11.4. The molecule has 2 N–H and O–H groups in total. The van der Waals surface area contributed by atoms with Gasteiger partial charge in [0.05, 0.1) is 24.2 Å². The van der Waals surface area contributed by atoms with Crippen LogP contribution in [0.2, 0.25) is 0 Å². The fourth-order valence-electron chi connectivity index (χ4n) is 1.22. The van der Waals surface area contributed by atoms with Gasteiger partial charge in [0, 0.05) is 17.3 Å². The summed E-state index contributed by atoms with van der Waals surface area (Å²) in [6.45, 7) is 0.538. The number of thiazole rings is 1. The van der Waals surface area contributed by atoms with Crippen LogP contribution in [0.1, 0.15) is 11.4 Å². The van der Waals surface area contributed by atoms with Crippen molar-refractivity contribution in [2.24, 2.45) is 0 Å². The van der Waals surface area contributed by atoms with E-state index in [-0.39, 0.29) is 5.91 Å². The summed E-state index contributed by atoms with van der Waals surface area (Å²) < 4.78 is 0. The first kappa shape index (κ1) is 9.92. The lowest BCUT2D eigenvalue weighted by Crippen LogP contribution is -2.24. The molecule has 5 heteroatoms. The lowest BCUT2D eigenvalue weighted by molar-refractivity contribution is -0.120. The Balaban J connectivity index is 1.78. The Morgan fingerprint density at radius 2 is 2.53 bits per heavy atom. The quantitative estimate of drug-likeness (QED) is 0.818. The van der Waals surface area contributed by atoms with E-state index in [2.05, 4.69) is 15.3 Å². The predicted octanol–water partition coefficient (Wildman–Crippen LogP) is 1.33. The van der Waals surface area contributed by atoms with Crippen LogP contribution in [0, 0.1) is 0 Å². The van der Waals surface area contributed by atoms with Gasteiger partial charge in [-0.2, -0.15) is 0 Å². The molecule has 2 aromatic heterocycles. The molecule has 0 aliphatic heterocycles. The largest absolute Gasteiger partial charge is 0.364 e. The third-order valence-corrected chi connectivity index (χ3v) is 2.60. The molecule has 2 heterocycles. The number of H-pyrrole nitrogens is 1. The lowest BCUT2D eigenvalue weighted by Gasteiger charge is -2.01. The number of rotatable bonds is 4. The highest BCUT2D eigenvalue weighted by molar-refractivity contribution is 7.07. The van der Waals surface area contributed by atoms with E-state index in [0.29, 0.717) is 13.0 Å². The molecule has 2 rings (SSSR count). The highest BCUT2D eigenvalue weighted by Gasteiger charge is 2.04. The molecule has 2 aromatic rings. The van der Waals surface area contributed by atoms with E-state index in [1.54, 1.807) is 5.51 Å². The van der Waals surface area contributed by atoms with Gasteiger partial charge in [-0.3, -0.25) is 4.79 Å². The summed E-state index contributed by atoms with van der Waals surface area (Å²) >= 11 is 1.50. The molecule has 0 saturated carbocycles. The van der Waals surface area contributed by atoms with Gasteiger partial charge in [-0.25, -0.2) is 4.98 Å². The number of amides is 1. The topological polar surface area (TPSA) is 57.8 Å². The summed E-state index contributed by atoms with van der Waals surface area (Å²) in [5, 5.41) is 4.70. The summed E-state index contributed by atoms with van der Waals surface area (Å²) in [4.78, 5) is 18.5. The van der Waals surface area contributed by atoms with Gasteiger partial charge >= 0.3 is 0 Å². The standard InChI is InChI=1S/C10H11N3OS/c14-10(4-9-6-15-7-13-9)12-5-8-2-1-3-11-8/h1-3,6-7,11H,4-5H2,(H,12,14). The zero-order valence-corrected chi connectivity index (χ0v) is 8.88. The predicted molar refractivity (Wildman–Crippen MR) is 58.5 cm³/mol. The number of aromatic amines is 1. The van der Waals surface area contributed by atoms with Crippen molar-refractivity contribution in [3.8, 4) is 0 Å². The van der Waals surface area contributed by atoms with Crippen LogP contribution in [0.15, 0.2) is 29.2 Å². The first-order chi connectivity index (χ1) is 7.34. The van der Waals surface area contributed by atoms with Gasteiger partial charge in [0.2, 0.25) is 5.91 Å². The van der Waals surface area contributed by atoms with Crippen molar-refractivity contribution in [2.75, 3.05) is 0 Å². The minimum Gasteiger partial charge on any atom is -0.364 e. The van der Waals surface area contributed by atoms with Crippen molar-refractivity contribution in [3.05, 3.63) is 40.6 Å². The van der Waals surface area contributed by atoms with Gasteiger partial charge in [-0.15, -0.1) is 11.3 Å². The number of nitrogens with zero attached hydrogens (tertiary/aromatic N) is 1. The molecular weight excluding hydrogens is 210 g/mol. The number of aromatic nitrogens is 2.